The van der Waals surface area contributed by atoms with Crippen LogP contribution in [-0.2, 0) is 17.4 Å². The molecule has 200 valence electrons. The van der Waals surface area contributed by atoms with Gasteiger partial charge >= 0.3 is 6.18 Å². The van der Waals surface area contributed by atoms with Gasteiger partial charge in [-0.05, 0) is 57.0 Å². The first kappa shape index (κ1) is 27.2. The van der Waals surface area contributed by atoms with Gasteiger partial charge in [0.15, 0.2) is 5.75 Å². The third-order valence-corrected chi connectivity index (χ3v) is 6.40. The van der Waals surface area contributed by atoms with E-state index in [-0.39, 0.29) is 29.6 Å². The van der Waals surface area contributed by atoms with Gasteiger partial charge in [-0.15, -0.1) is 0 Å². The number of aromatic nitrogens is 2. The average Bonchev–Trinajstić information content (AvgIpc) is 2.87. The van der Waals surface area contributed by atoms with E-state index in [1.54, 1.807) is 18.7 Å². The van der Waals surface area contributed by atoms with Crippen LogP contribution in [0.2, 0.25) is 0 Å². The zero-order valence-corrected chi connectivity index (χ0v) is 20.7. The standard InChI is InChI=1S/C27H25F5N4O2/c1-16-22(15-33-38-20-6-3-5-19(13-20)27(30,31)32)26(35-17(2)34-16)18-9-11-36(12-10-18)25(37)14-21-23(28)7-4-8-24(21)29/h3-8,13,15,18H,9-12,14H2,1-2H3. The monoisotopic (exact) mass is 532 g/mol. The highest BCUT2D eigenvalue weighted by atomic mass is 19.4. The lowest BCUT2D eigenvalue weighted by Crippen LogP contribution is -2.39. The van der Waals surface area contributed by atoms with E-state index in [0.717, 1.165) is 24.3 Å². The minimum absolute atomic E-state index is 0.0559. The number of hydrogen-bond acceptors (Lipinski definition) is 5. The normalized spacial score (nSPS) is 14.8. The van der Waals surface area contributed by atoms with Crippen molar-refractivity contribution in [3.05, 3.63) is 88.0 Å². The molecule has 0 unspecified atom stereocenters. The maximum atomic E-state index is 14.0. The molecule has 0 spiro atoms. The molecule has 0 N–H and O–H groups in total. The molecule has 2 heterocycles. The van der Waals surface area contributed by atoms with Crippen LogP contribution < -0.4 is 4.84 Å². The van der Waals surface area contributed by atoms with Crippen LogP contribution in [0, 0.1) is 25.5 Å². The van der Waals surface area contributed by atoms with E-state index >= 15 is 0 Å². The fourth-order valence-electron chi connectivity index (χ4n) is 4.45. The molecule has 3 aromatic rings. The molecular weight excluding hydrogens is 507 g/mol. The predicted molar refractivity (Wildman–Crippen MR) is 130 cm³/mol. The number of aryl methyl sites for hydroxylation is 2. The van der Waals surface area contributed by atoms with Gasteiger partial charge in [-0.2, -0.15) is 13.2 Å². The molecule has 2 aromatic carbocycles. The number of likely N-dealkylation sites (tertiary alicyclic amines) is 1. The first-order valence-electron chi connectivity index (χ1n) is 12.0. The Kier molecular flexibility index (Phi) is 8.03. The van der Waals surface area contributed by atoms with Crippen molar-refractivity contribution < 1.29 is 31.6 Å². The molecule has 0 radical (unpaired) electrons. The van der Waals surface area contributed by atoms with E-state index in [0.29, 0.717) is 48.7 Å². The summed E-state index contributed by atoms with van der Waals surface area (Å²) in [5.41, 5.74) is 0.803. The second-order valence-corrected chi connectivity index (χ2v) is 9.04. The zero-order valence-electron chi connectivity index (χ0n) is 20.7. The molecule has 0 saturated carbocycles. The van der Waals surface area contributed by atoms with Gasteiger partial charge in [0.25, 0.3) is 0 Å². The van der Waals surface area contributed by atoms with Crippen molar-refractivity contribution in [3.8, 4) is 5.75 Å². The summed E-state index contributed by atoms with van der Waals surface area (Å²) < 4.78 is 66.8. The number of rotatable bonds is 6. The molecule has 1 aliphatic heterocycles. The fourth-order valence-corrected chi connectivity index (χ4v) is 4.45. The van der Waals surface area contributed by atoms with E-state index in [1.165, 1.54) is 24.4 Å². The third kappa shape index (κ3) is 6.32. The van der Waals surface area contributed by atoms with Crippen LogP contribution in [0.25, 0.3) is 0 Å². The number of piperidine rings is 1. The number of amides is 1. The molecule has 38 heavy (non-hydrogen) atoms. The molecule has 11 heteroatoms. The molecule has 6 nitrogen and oxygen atoms in total. The van der Waals surface area contributed by atoms with Crippen LogP contribution >= 0.6 is 0 Å². The second-order valence-electron chi connectivity index (χ2n) is 9.04. The number of alkyl halides is 3. The van der Waals surface area contributed by atoms with Crippen molar-refractivity contribution in [3.63, 3.8) is 0 Å². The van der Waals surface area contributed by atoms with Crippen LogP contribution in [0.1, 0.15) is 52.7 Å². The molecule has 0 bridgehead atoms. The van der Waals surface area contributed by atoms with Crippen molar-refractivity contribution in [1.29, 1.82) is 0 Å². The number of hydrogen-bond donors (Lipinski definition) is 0. The summed E-state index contributed by atoms with van der Waals surface area (Å²) >= 11 is 0. The smallest absolute Gasteiger partial charge is 0.357 e. The van der Waals surface area contributed by atoms with Gasteiger partial charge in [0.05, 0.1) is 29.6 Å². The van der Waals surface area contributed by atoms with Crippen LogP contribution in [0.5, 0.6) is 5.75 Å². The van der Waals surface area contributed by atoms with Crippen LogP contribution in [0.15, 0.2) is 47.6 Å². The van der Waals surface area contributed by atoms with Crippen molar-refractivity contribution in [2.45, 2.75) is 45.2 Å². The van der Waals surface area contributed by atoms with Gasteiger partial charge in [-0.1, -0.05) is 17.3 Å². The summed E-state index contributed by atoms with van der Waals surface area (Å²) in [6.45, 7) is 4.27. The van der Waals surface area contributed by atoms with Gasteiger partial charge in [0.2, 0.25) is 5.91 Å². The number of benzene rings is 2. The Morgan fingerprint density at radius 2 is 1.74 bits per heavy atom. The molecule has 4 rings (SSSR count). The Bertz CT molecular complexity index is 1330. The van der Waals surface area contributed by atoms with Gasteiger partial charge in [0, 0.05) is 30.1 Å². The van der Waals surface area contributed by atoms with E-state index in [1.807, 2.05) is 0 Å². The van der Waals surface area contributed by atoms with Gasteiger partial charge < -0.3 is 9.74 Å². The Morgan fingerprint density at radius 3 is 2.39 bits per heavy atom. The largest absolute Gasteiger partial charge is 0.416 e. The quantitative estimate of drug-likeness (QED) is 0.230. The third-order valence-electron chi connectivity index (χ3n) is 6.40. The first-order chi connectivity index (χ1) is 18.0. The first-order valence-corrected chi connectivity index (χ1v) is 12.0. The van der Waals surface area contributed by atoms with E-state index in [2.05, 4.69) is 15.1 Å². The molecule has 0 atom stereocenters. The lowest BCUT2D eigenvalue weighted by atomic mass is 9.90. The Labute approximate surface area is 216 Å². The Hall–Kier alpha value is -3.89. The predicted octanol–water partition coefficient (Wildman–Crippen LogP) is 5.75. The Morgan fingerprint density at radius 1 is 1.08 bits per heavy atom. The van der Waals surface area contributed by atoms with E-state index in [4.69, 9.17) is 4.84 Å². The molecule has 1 aliphatic rings. The summed E-state index contributed by atoms with van der Waals surface area (Å²) in [5.74, 6) is -1.45. The highest BCUT2D eigenvalue weighted by Gasteiger charge is 2.31. The minimum atomic E-state index is -4.50. The van der Waals surface area contributed by atoms with Crippen LogP contribution in [0.3, 0.4) is 0 Å². The van der Waals surface area contributed by atoms with E-state index in [9.17, 15) is 26.7 Å². The molecule has 0 aliphatic carbocycles. The van der Waals surface area contributed by atoms with Gasteiger partial charge in [-0.3, -0.25) is 4.79 Å². The SMILES string of the molecule is Cc1nc(C)c(C=NOc2cccc(C(F)(F)F)c2)c(C2CCN(C(=O)Cc3c(F)cccc3F)CC2)n1. The summed E-state index contributed by atoms with van der Waals surface area (Å²) in [7, 11) is 0. The highest BCUT2D eigenvalue weighted by Crippen LogP contribution is 2.32. The molecular formula is C27H25F5N4O2. The van der Waals surface area contributed by atoms with Gasteiger partial charge in [0.1, 0.15) is 17.5 Å². The van der Waals surface area contributed by atoms with Crippen LogP contribution in [-0.4, -0.2) is 40.1 Å². The number of carbonyl (C=O) groups excluding carboxylic acids is 1. The lowest BCUT2D eigenvalue weighted by molar-refractivity contribution is -0.137. The fraction of sp³-hybridized carbons (Fsp3) is 0.333. The number of halogens is 5. The molecule has 1 aromatic heterocycles. The van der Waals surface area contributed by atoms with Crippen molar-refractivity contribution in [1.82, 2.24) is 14.9 Å². The van der Waals surface area contributed by atoms with E-state index < -0.39 is 23.4 Å². The maximum absolute atomic E-state index is 14.0. The minimum Gasteiger partial charge on any atom is -0.357 e. The highest BCUT2D eigenvalue weighted by molar-refractivity contribution is 5.82. The van der Waals surface area contributed by atoms with Crippen molar-refractivity contribution >= 4 is 12.1 Å². The maximum Gasteiger partial charge on any atom is 0.416 e. The summed E-state index contributed by atoms with van der Waals surface area (Å²) in [6.07, 6.45) is -2.38. The number of oxime groups is 1. The zero-order chi connectivity index (χ0) is 27.4. The average molecular weight is 533 g/mol. The Balaban J connectivity index is 1.46. The summed E-state index contributed by atoms with van der Waals surface area (Å²) in [5, 5.41) is 3.88. The molecule has 1 amide bonds. The van der Waals surface area contributed by atoms with Crippen molar-refractivity contribution in [2.75, 3.05) is 13.1 Å². The molecule has 1 fully saturated rings. The number of nitrogens with zero attached hydrogens (tertiary/aromatic N) is 4. The topological polar surface area (TPSA) is 67.7 Å². The lowest BCUT2D eigenvalue weighted by Gasteiger charge is -2.32. The summed E-state index contributed by atoms with van der Waals surface area (Å²) in [6, 6.07) is 7.89. The number of carbonyl (C=O) groups is 1. The van der Waals surface area contributed by atoms with Gasteiger partial charge in [-0.25, -0.2) is 18.7 Å². The van der Waals surface area contributed by atoms with Crippen molar-refractivity contribution in [2.24, 2.45) is 5.16 Å². The summed E-state index contributed by atoms with van der Waals surface area (Å²) in [4.78, 5) is 28.4. The molecule has 1 saturated heterocycles. The second kappa shape index (κ2) is 11.2. The van der Waals surface area contributed by atoms with Crippen LogP contribution in [0.4, 0.5) is 22.0 Å².